The molecule has 3 rings (SSSR count). The Hall–Kier alpha value is -1.32. The minimum atomic E-state index is 0.774. The van der Waals surface area contributed by atoms with Crippen molar-refractivity contribution in [2.75, 3.05) is 36.0 Å². The molecule has 1 atom stereocenters. The number of nitrogens with zero attached hydrogens (tertiary/aromatic N) is 4. The second kappa shape index (κ2) is 6.63. The van der Waals surface area contributed by atoms with Gasteiger partial charge in [-0.25, -0.2) is 9.97 Å². The van der Waals surface area contributed by atoms with Gasteiger partial charge in [0.05, 0.1) is 0 Å². The average Bonchev–Trinajstić information content (AvgIpc) is 2.76. The van der Waals surface area contributed by atoms with Gasteiger partial charge in [0.25, 0.3) is 0 Å². The Bertz CT molecular complexity index is 446. The zero-order valence-corrected chi connectivity index (χ0v) is 13.5. The van der Waals surface area contributed by atoms with Crippen LogP contribution in [0.4, 0.5) is 11.6 Å². The van der Waals surface area contributed by atoms with Crippen molar-refractivity contribution in [2.45, 2.75) is 52.4 Å². The van der Waals surface area contributed by atoms with Crippen LogP contribution in [0.2, 0.25) is 0 Å². The largest absolute Gasteiger partial charge is 0.356 e. The quantitative estimate of drug-likeness (QED) is 0.835. The van der Waals surface area contributed by atoms with E-state index in [0.717, 1.165) is 49.6 Å². The maximum atomic E-state index is 4.70. The van der Waals surface area contributed by atoms with Gasteiger partial charge in [0.15, 0.2) is 0 Å². The van der Waals surface area contributed by atoms with Crippen LogP contribution < -0.4 is 9.80 Å². The molecule has 1 aromatic rings. The maximum Gasteiger partial charge on any atom is 0.134 e. The van der Waals surface area contributed by atoms with Gasteiger partial charge >= 0.3 is 0 Å². The van der Waals surface area contributed by atoms with Crippen LogP contribution in [0.15, 0.2) is 6.07 Å². The van der Waals surface area contributed by atoms with Crippen LogP contribution in [0.25, 0.3) is 0 Å². The van der Waals surface area contributed by atoms with Crippen molar-refractivity contribution in [1.82, 2.24) is 9.97 Å². The summed E-state index contributed by atoms with van der Waals surface area (Å²) in [6.45, 7) is 8.93. The van der Waals surface area contributed by atoms with Crippen molar-refractivity contribution in [2.24, 2.45) is 5.92 Å². The van der Waals surface area contributed by atoms with Crippen molar-refractivity contribution >= 4 is 11.6 Å². The average molecular weight is 288 g/mol. The van der Waals surface area contributed by atoms with Crippen molar-refractivity contribution < 1.29 is 0 Å². The van der Waals surface area contributed by atoms with Crippen LogP contribution in [-0.4, -0.2) is 36.1 Å². The van der Waals surface area contributed by atoms with E-state index in [-0.39, 0.29) is 0 Å². The second-order valence-corrected chi connectivity index (χ2v) is 6.73. The van der Waals surface area contributed by atoms with Crippen LogP contribution >= 0.6 is 0 Å². The fraction of sp³-hybridized carbons (Fsp3) is 0.765. The minimum Gasteiger partial charge on any atom is -0.356 e. The Morgan fingerprint density at radius 3 is 2.19 bits per heavy atom. The van der Waals surface area contributed by atoms with E-state index in [1.807, 2.05) is 6.92 Å². The number of aromatic nitrogens is 2. The third-order valence-electron chi connectivity index (χ3n) is 4.72. The van der Waals surface area contributed by atoms with E-state index < -0.39 is 0 Å². The summed E-state index contributed by atoms with van der Waals surface area (Å²) >= 11 is 0. The Morgan fingerprint density at radius 2 is 1.52 bits per heavy atom. The lowest BCUT2D eigenvalue weighted by Crippen LogP contribution is -2.35. The molecule has 116 valence electrons. The fourth-order valence-electron chi connectivity index (χ4n) is 3.56. The van der Waals surface area contributed by atoms with Gasteiger partial charge in [-0.3, -0.25) is 0 Å². The van der Waals surface area contributed by atoms with Crippen LogP contribution in [0.1, 0.15) is 51.3 Å². The molecule has 0 saturated carbocycles. The van der Waals surface area contributed by atoms with Crippen LogP contribution in [0.3, 0.4) is 0 Å². The molecule has 2 aliphatic rings. The van der Waals surface area contributed by atoms with Gasteiger partial charge in [-0.05, 0) is 38.5 Å². The molecule has 21 heavy (non-hydrogen) atoms. The van der Waals surface area contributed by atoms with E-state index in [0.29, 0.717) is 0 Å². The maximum absolute atomic E-state index is 4.70. The van der Waals surface area contributed by atoms with Gasteiger partial charge in [0, 0.05) is 32.2 Å². The number of rotatable bonds is 2. The molecule has 1 unspecified atom stereocenters. The van der Waals surface area contributed by atoms with E-state index in [2.05, 4.69) is 22.8 Å². The molecule has 2 fully saturated rings. The van der Waals surface area contributed by atoms with Crippen LogP contribution in [-0.2, 0) is 0 Å². The molecule has 0 N–H and O–H groups in total. The number of aryl methyl sites for hydroxylation is 1. The zero-order chi connectivity index (χ0) is 14.7. The van der Waals surface area contributed by atoms with Crippen molar-refractivity contribution in [1.29, 1.82) is 0 Å². The Morgan fingerprint density at radius 1 is 0.905 bits per heavy atom. The molecule has 4 heteroatoms. The molecule has 1 aromatic heterocycles. The molecular weight excluding hydrogens is 260 g/mol. The van der Waals surface area contributed by atoms with Crippen molar-refractivity contribution in [3.05, 3.63) is 11.9 Å². The molecule has 3 heterocycles. The lowest BCUT2D eigenvalue weighted by atomic mass is 10.0. The summed E-state index contributed by atoms with van der Waals surface area (Å²) < 4.78 is 0. The van der Waals surface area contributed by atoms with Gasteiger partial charge < -0.3 is 9.80 Å². The summed E-state index contributed by atoms with van der Waals surface area (Å²) in [5.74, 6) is 3.95. The monoisotopic (exact) mass is 288 g/mol. The SMILES string of the molecule is Cc1nc(N2CCCCCC2)cc(N2CCCC(C)C2)n1. The molecular formula is C17H28N4. The Balaban J connectivity index is 1.81. The van der Waals surface area contributed by atoms with E-state index in [1.165, 1.54) is 38.5 Å². The molecule has 2 saturated heterocycles. The van der Waals surface area contributed by atoms with E-state index in [1.54, 1.807) is 0 Å². The number of anilines is 2. The fourth-order valence-corrected chi connectivity index (χ4v) is 3.56. The summed E-state index contributed by atoms with van der Waals surface area (Å²) in [5, 5.41) is 0. The topological polar surface area (TPSA) is 32.3 Å². The molecule has 2 aliphatic heterocycles. The molecule has 0 aliphatic carbocycles. The minimum absolute atomic E-state index is 0.774. The smallest absolute Gasteiger partial charge is 0.134 e. The number of piperidine rings is 1. The van der Waals surface area contributed by atoms with Gasteiger partial charge in [-0.1, -0.05) is 19.8 Å². The first-order valence-corrected chi connectivity index (χ1v) is 8.58. The normalized spacial score (nSPS) is 24.0. The number of hydrogen-bond acceptors (Lipinski definition) is 4. The van der Waals surface area contributed by atoms with Crippen LogP contribution in [0, 0.1) is 12.8 Å². The first-order valence-electron chi connectivity index (χ1n) is 8.58. The van der Waals surface area contributed by atoms with Gasteiger partial charge in [-0.2, -0.15) is 0 Å². The highest BCUT2D eigenvalue weighted by atomic mass is 15.2. The highest BCUT2D eigenvalue weighted by Crippen LogP contribution is 2.25. The van der Waals surface area contributed by atoms with Gasteiger partial charge in [0.1, 0.15) is 17.5 Å². The molecule has 0 bridgehead atoms. The van der Waals surface area contributed by atoms with Gasteiger partial charge in [-0.15, -0.1) is 0 Å². The summed E-state index contributed by atoms with van der Waals surface area (Å²) in [6.07, 6.45) is 7.93. The second-order valence-electron chi connectivity index (χ2n) is 6.73. The molecule has 0 radical (unpaired) electrons. The summed E-state index contributed by atoms with van der Waals surface area (Å²) in [6, 6.07) is 2.22. The summed E-state index contributed by atoms with van der Waals surface area (Å²) in [5.41, 5.74) is 0. The first-order chi connectivity index (χ1) is 10.2. The highest BCUT2D eigenvalue weighted by Gasteiger charge is 2.20. The Labute approximate surface area is 128 Å². The van der Waals surface area contributed by atoms with Crippen LogP contribution in [0.5, 0.6) is 0 Å². The first kappa shape index (κ1) is 14.6. The molecule has 0 amide bonds. The van der Waals surface area contributed by atoms with E-state index in [9.17, 15) is 0 Å². The zero-order valence-electron chi connectivity index (χ0n) is 13.5. The highest BCUT2D eigenvalue weighted by molar-refractivity contribution is 5.51. The predicted molar refractivity (Wildman–Crippen MR) is 88.1 cm³/mol. The standard InChI is InChI=1S/C17H28N4/c1-14-8-7-11-21(13-14)17-12-16(18-15(2)19-17)20-9-5-3-4-6-10-20/h12,14H,3-11,13H2,1-2H3. The Kier molecular flexibility index (Phi) is 4.61. The molecule has 0 spiro atoms. The third kappa shape index (κ3) is 3.66. The van der Waals surface area contributed by atoms with E-state index in [4.69, 9.17) is 9.97 Å². The molecule has 4 nitrogen and oxygen atoms in total. The predicted octanol–water partition coefficient (Wildman–Crippen LogP) is 3.40. The third-order valence-corrected chi connectivity index (χ3v) is 4.72. The summed E-state index contributed by atoms with van der Waals surface area (Å²) in [4.78, 5) is 14.3. The van der Waals surface area contributed by atoms with Gasteiger partial charge in [0.2, 0.25) is 0 Å². The number of hydrogen-bond donors (Lipinski definition) is 0. The molecule has 0 aromatic carbocycles. The lowest BCUT2D eigenvalue weighted by Gasteiger charge is -2.32. The summed E-state index contributed by atoms with van der Waals surface area (Å²) in [7, 11) is 0. The van der Waals surface area contributed by atoms with Crippen molar-refractivity contribution in [3.8, 4) is 0 Å². The van der Waals surface area contributed by atoms with E-state index >= 15 is 0 Å². The lowest BCUT2D eigenvalue weighted by molar-refractivity contribution is 0.444. The van der Waals surface area contributed by atoms with Crippen molar-refractivity contribution in [3.63, 3.8) is 0 Å².